The van der Waals surface area contributed by atoms with E-state index in [0.717, 1.165) is 23.0 Å². The number of rotatable bonds is 8. The quantitative estimate of drug-likeness (QED) is 0.713. The fraction of sp³-hybridized carbons (Fsp3) is 0.500. The van der Waals surface area contributed by atoms with Crippen molar-refractivity contribution < 1.29 is 8.42 Å². The largest absolute Gasteiger partial charge is 0.320 e. The first-order chi connectivity index (χ1) is 8.53. The van der Waals surface area contributed by atoms with Crippen LogP contribution in [0.1, 0.15) is 18.4 Å². The molecule has 18 heavy (non-hydrogen) atoms. The van der Waals surface area contributed by atoms with Gasteiger partial charge < -0.3 is 5.32 Å². The minimum absolute atomic E-state index is 0.183. The second-order valence-electron chi connectivity index (χ2n) is 4.08. The zero-order chi connectivity index (χ0) is 13.4. The molecule has 0 heterocycles. The van der Waals surface area contributed by atoms with Crippen LogP contribution in [-0.4, -0.2) is 27.8 Å². The van der Waals surface area contributed by atoms with Gasteiger partial charge in [-0.3, -0.25) is 0 Å². The molecule has 1 aromatic carbocycles. The fourth-order valence-electron chi connectivity index (χ4n) is 1.51. The van der Waals surface area contributed by atoms with E-state index in [0.29, 0.717) is 13.0 Å². The number of hydrogen-bond donors (Lipinski definition) is 2. The van der Waals surface area contributed by atoms with Gasteiger partial charge >= 0.3 is 0 Å². The first-order valence-electron chi connectivity index (χ1n) is 5.90. The van der Waals surface area contributed by atoms with E-state index < -0.39 is 10.0 Å². The van der Waals surface area contributed by atoms with Crippen molar-refractivity contribution in [3.05, 3.63) is 34.3 Å². The zero-order valence-electron chi connectivity index (χ0n) is 10.4. The van der Waals surface area contributed by atoms with Gasteiger partial charge in [-0.1, -0.05) is 28.1 Å². The van der Waals surface area contributed by atoms with Crippen molar-refractivity contribution in [1.29, 1.82) is 0 Å². The zero-order valence-corrected chi connectivity index (χ0v) is 12.9. The van der Waals surface area contributed by atoms with Crippen molar-refractivity contribution >= 4 is 26.0 Å². The fourth-order valence-corrected chi connectivity index (χ4v) is 3.07. The predicted octanol–water partition coefficient (Wildman–Crippen LogP) is 1.87. The number of nitrogens with one attached hydrogen (secondary N) is 2. The molecule has 2 N–H and O–H groups in total. The Bertz CT molecular complexity index is 463. The average molecular weight is 335 g/mol. The molecule has 0 unspecified atom stereocenters. The molecule has 0 radical (unpaired) electrons. The Morgan fingerprint density at radius 1 is 1.28 bits per heavy atom. The Labute approximate surface area is 117 Å². The second-order valence-corrected chi connectivity index (χ2v) is 6.92. The van der Waals surface area contributed by atoms with Crippen molar-refractivity contribution in [2.24, 2.45) is 0 Å². The monoisotopic (exact) mass is 334 g/mol. The summed E-state index contributed by atoms with van der Waals surface area (Å²) in [5.74, 6) is 0.183. The molecule has 4 nitrogen and oxygen atoms in total. The van der Waals surface area contributed by atoms with Crippen LogP contribution in [0.3, 0.4) is 0 Å². The highest BCUT2D eigenvalue weighted by molar-refractivity contribution is 9.10. The van der Waals surface area contributed by atoms with Gasteiger partial charge in [-0.2, -0.15) is 0 Å². The minimum atomic E-state index is -3.17. The van der Waals surface area contributed by atoms with Crippen LogP contribution in [0, 0.1) is 0 Å². The number of sulfonamides is 1. The molecule has 1 aromatic rings. The number of hydrogen-bond acceptors (Lipinski definition) is 3. The molecule has 102 valence electrons. The van der Waals surface area contributed by atoms with Crippen LogP contribution in [0.2, 0.25) is 0 Å². The lowest BCUT2D eigenvalue weighted by molar-refractivity contribution is 0.575. The molecule has 0 aliphatic carbocycles. The first kappa shape index (κ1) is 15.6. The highest BCUT2D eigenvalue weighted by Crippen LogP contribution is 2.11. The van der Waals surface area contributed by atoms with E-state index in [2.05, 4.69) is 26.0 Å². The molecule has 1 rings (SSSR count). The second kappa shape index (κ2) is 7.89. The highest BCUT2D eigenvalue weighted by Gasteiger charge is 2.09. The lowest BCUT2D eigenvalue weighted by atomic mass is 10.2. The third-order valence-electron chi connectivity index (χ3n) is 2.48. The molecule has 0 spiro atoms. The Morgan fingerprint density at radius 2 is 2.06 bits per heavy atom. The van der Waals surface area contributed by atoms with Gasteiger partial charge in [0.05, 0.1) is 5.75 Å². The summed E-state index contributed by atoms with van der Waals surface area (Å²) < 4.78 is 27.0. The molecule has 0 atom stereocenters. The summed E-state index contributed by atoms with van der Waals surface area (Å²) in [7, 11) is -1.31. The van der Waals surface area contributed by atoms with E-state index in [9.17, 15) is 8.42 Å². The lowest BCUT2D eigenvalue weighted by Gasteiger charge is -2.07. The molecule has 6 heteroatoms. The maximum atomic E-state index is 11.7. The van der Waals surface area contributed by atoms with E-state index in [1.807, 2.05) is 31.3 Å². The van der Waals surface area contributed by atoms with Gasteiger partial charge in [0.2, 0.25) is 10.0 Å². The number of halogens is 1. The molecule has 0 saturated carbocycles. The van der Waals surface area contributed by atoms with E-state index >= 15 is 0 Å². The van der Waals surface area contributed by atoms with Gasteiger partial charge in [-0.05, 0) is 44.1 Å². The molecular weight excluding hydrogens is 316 g/mol. The molecule has 0 fully saturated rings. The molecular formula is C12H19BrN2O2S. The Morgan fingerprint density at radius 3 is 2.72 bits per heavy atom. The van der Waals surface area contributed by atoms with Crippen LogP contribution in [0.5, 0.6) is 0 Å². The average Bonchev–Trinajstić information content (AvgIpc) is 2.33. The van der Waals surface area contributed by atoms with Crippen molar-refractivity contribution in [3.8, 4) is 0 Å². The first-order valence-corrected chi connectivity index (χ1v) is 8.34. The van der Waals surface area contributed by atoms with Crippen molar-refractivity contribution in [3.63, 3.8) is 0 Å². The van der Waals surface area contributed by atoms with Crippen LogP contribution in [0.15, 0.2) is 28.7 Å². The Hall–Kier alpha value is -0.430. The summed E-state index contributed by atoms with van der Waals surface area (Å²) in [5, 5.41) is 3.00. The van der Waals surface area contributed by atoms with E-state index in [1.165, 1.54) is 0 Å². The van der Waals surface area contributed by atoms with Crippen LogP contribution in [0.25, 0.3) is 0 Å². The van der Waals surface area contributed by atoms with Gasteiger partial charge in [0.25, 0.3) is 0 Å². The standard InChI is InChI=1S/C12H19BrN2O2S/c1-14-7-2-3-8-18(16,17)15-10-11-5-4-6-12(13)9-11/h4-6,9,14-15H,2-3,7-8,10H2,1H3. The van der Waals surface area contributed by atoms with E-state index in [4.69, 9.17) is 0 Å². The van der Waals surface area contributed by atoms with Crippen LogP contribution in [-0.2, 0) is 16.6 Å². The minimum Gasteiger partial charge on any atom is -0.320 e. The van der Waals surface area contributed by atoms with E-state index in [1.54, 1.807) is 0 Å². The molecule has 0 aliphatic heterocycles. The molecule has 0 saturated heterocycles. The molecule has 0 aliphatic rings. The van der Waals surface area contributed by atoms with Crippen molar-refractivity contribution in [2.45, 2.75) is 19.4 Å². The van der Waals surface area contributed by atoms with Crippen LogP contribution in [0.4, 0.5) is 0 Å². The van der Waals surface area contributed by atoms with Gasteiger partial charge in [0.1, 0.15) is 0 Å². The van der Waals surface area contributed by atoms with Crippen molar-refractivity contribution in [2.75, 3.05) is 19.3 Å². The van der Waals surface area contributed by atoms with Crippen molar-refractivity contribution in [1.82, 2.24) is 10.0 Å². The summed E-state index contributed by atoms with van der Waals surface area (Å²) in [5.41, 5.74) is 0.947. The van der Waals surface area contributed by atoms with E-state index in [-0.39, 0.29) is 5.75 Å². The Kier molecular flexibility index (Phi) is 6.85. The highest BCUT2D eigenvalue weighted by atomic mass is 79.9. The van der Waals surface area contributed by atoms with Gasteiger partial charge in [-0.15, -0.1) is 0 Å². The third-order valence-corrected chi connectivity index (χ3v) is 4.38. The number of unbranched alkanes of at least 4 members (excludes halogenated alkanes) is 1. The Balaban J connectivity index is 2.37. The molecule has 0 bridgehead atoms. The lowest BCUT2D eigenvalue weighted by Crippen LogP contribution is -2.26. The summed E-state index contributed by atoms with van der Waals surface area (Å²) in [6.07, 6.45) is 1.54. The van der Waals surface area contributed by atoms with Crippen LogP contribution < -0.4 is 10.0 Å². The van der Waals surface area contributed by atoms with Gasteiger partial charge in [0.15, 0.2) is 0 Å². The van der Waals surface area contributed by atoms with Crippen LogP contribution >= 0.6 is 15.9 Å². The maximum Gasteiger partial charge on any atom is 0.211 e. The summed E-state index contributed by atoms with van der Waals surface area (Å²) in [6.45, 7) is 1.19. The summed E-state index contributed by atoms with van der Waals surface area (Å²) in [4.78, 5) is 0. The topological polar surface area (TPSA) is 58.2 Å². The van der Waals surface area contributed by atoms with Gasteiger partial charge in [-0.25, -0.2) is 13.1 Å². The summed E-state index contributed by atoms with van der Waals surface area (Å²) in [6, 6.07) is 7.61. The third kappa shape index (κ3) is 6.49. The molecule has 0 amide bonds. The normalized spacial score (nSPS) is 11.7. The molecule has 0 aromatic heterocycles. The smallest absolute Gasteiger partial charge is 0.211 e. The summed E-state index contributed by atoms with van der Waals surface area (Å²) >= 11 is 3.36. The van der Waals surface area contributed by atoms with Gasteiger partial charge in [0, 0.05) is 11.0 Å². The SMILES string of the molecule is CNCCCCS(=O)(=O)NCc1cccc(Br)c1. The predicted molar refractivity (Wildman–Crippen MR) is 77.9 cm³/mol. The number of benzene rings is 1. The maximum absolute atomic E-state index is 11.7.